The zero-order valence-corrected chi connectivity index (χ0v) is 15.3. The summed E-state index contributed by atoms with van der Waals surface area (Å²) in [6.45, 7) is 1.86. The summed E-state index contributed by atoms with van der Waals surface area (Å²) in [6, 6.07) is 5.12. The predicted molar refractivity (Wildman–Crippen MR) is 97.5 cm³/mol. The number of hydrogen-bond acceptors (Lipinski definition) is 6. The van der Waals surface area contributed by atoms with E-state index in [0.29, 0.717) is 30.0 Å². The summed E-state index contributed by atoms with van der Waals surface area (Å²) in [5.74, 6) is -1.44. The molecule has 1 fully saturated rings. The molecule has 3 heterocycles. The van der Waals surface area contributed by atoms with Gasteiger partial charge in [0.25, 0.3) is 0 Å². The highest BCUT2D eigenvalue weighted by molar-refractivity contribution is 5.46. The van der Waals surface area contributed by atoms with Gasteiger partial charge in [0.05, 0.1) is 11.9 Å². The molecule has 9 heteroatoms. The van der Waals surface area contributed by atoms with Gasteiger partial charge in [0.15, 0.2) is 11.9 Å². The number of nitrogens with one attached hydrogen (secondary N) is 1. The van der Waals surface area contributed by atoms with Crippen molar-refractivity contribution in [1.29, 1.82) is 0 Å². The number of hydrogen-bond donors (Lipinski definition) is 2. The van der Waals surface area contributed by atoms with Gasteiger partial charge in [-0.3, -0.25) is 0 Å². The van der Waals surface area contributed by atoms with E-state index in [1.807, 2.05) is 13.0 Å². The van der Waals surface area contributed by atoms with Crippen LogP contribution in [-0.2, 0) is 0 Å². The zero-order chi connectivity index (χ0) is 19.7. The first-order valence-electron chi connectivity index (χ1n) is 9.16. The van der Waals surface area contributed by atoms with Crippen LogP contribution in [-0.4, -0.2) is 36.8 Å². The quantitative estimate of drug-likeness (QED) is 0.693. The molecule has 28 heavy (non-hydrogen) atoms. The Labute approximate surface area is 160 Å². The molecule has 0 amide bonds. The van der Waals surface area contributed by atoms with Crippen molar-refractivity contribution in [2.45, 2.75) is 50.7 Å². The second kappa shape index (κ2) is 7.31. The average molecular weight is 389 g/mol. The van der Waals surface area contributed by atoms with Crippen molar-refractivity contribution in [3.63, 3.8) is 0 Å². The molecule has 0 radical (unpaired) electrons. The Morgan fingerprint density at radius 3 is 2.75 bits per heavy atom. The number of anilines is 1. The fourth-order valence-electron chi connectivity index (χ4n) is 3.33. The summed E-state index contributed by atoms with van der Waals surface area (Å²) >= 11 is 0. The summed E-state index contributed by atoms with van der Waals surface area (Å²) in [6.07, 6.45) is 3.96. The molecule has 0 aliphatic heterocycles. The molecular weight excluding hydrogens is 368 g/mol. The smallest absolute Gasteiger partial charge is 0.248 e. The Morgan fingerprint density at radius 1 is 1.32 bits per heavy atom. The van der Waals surface area contributed by atoms with Crippen LogP contribution >= 0.6 is 0 Å². The number of pyridine rings is 1. The molecule has 1 saturated carbocycles. The highest BCUT2D eigenvalue weighted by Gasteiger charge is 2.35. The lowest BCUT2D eigenvalue weighted by Gasteiger charge is -2.29. The van der Waals surface area contributed by atoms with E-state index >= 15 is 0 Å². The number of alkyl halides is 2. The van der Waals surface area contributed by atoms with Gasteiger partial charge in [-0.15, -0.1) is 0 Å². The molecular formula is C19H21F2N5O2. The maximum absolute atomic E-state index is 13.4. The van der Waals surface area contributed by atoms with E-state index in [1.54, 1.807) is 23.0 Å². The van der Waals surface area contributed by atoms with Crippen molar-refractivity contribution in [2.75, 3.05) is 5.32 Å². The molecule has 1 aliphatic carbocycles. The number of rotatable bonds is 5. The van der Waals surface area contributed by atoms with Crippen molar-refractivity contribution in [3.8, 4) is 5.82 Å². The first kappa shape index (κ1) is 18.5. The van der Waals surface area contributed by atoms with E-state index in [1.165, 1.54) is 12.5 Å². The number of aliphatic hydroxyl groups excluding tert-OH is 1. The Bertz CT molecular complexity index is 932. The van der Waals surface area contributed by atoms with Crippen LogP contribution in [0.5, 0.6) is 0 Å². The normalized spacial score (nSPS) is 18.1. The molecule has 7 nitrogen and oxygen atoms in total. The van der Waals surface area contributed by atoms with Gasteiger partial charge >= 0.3 is 0 Å². The number of aryl methyl sites for hydroxylation is 1. The van der Waals surface area contributed by atoms with Gasteiger partial charge in [0.1, 0.15) is 12.1 Å². The summed E-state index contributed by atoms with van der Waals surface area (Å²) in [7, 11) is 0. The Balaban J connectivity index is 1.64. The zero-order valence-electron chi connectivity index (χ0n) is 15.3. The van der Waals surface area contributed by atoms with Crippen LogP contribution in [0.4, 0.5) is 14.6 Å². The summed E-state index contributed by atoms with van der Waals surface area (Å²) in [5.41, 5.74) is 1.34. The maximum Gasteiger partial charge on any atom is 0.248 e. The molecule has 0 spiro atoms. The van der Waals surface area contributed by atoms with E-state index < -0.39 is 12.0 Å². The van der Waals surface area contributed by atoms with Crippen molar-refractivity contribution in [3.05, 3.63) is 54.0 Å². The second-order valence-electron chi connectivity index (χ2n) is 7.09. The largest absolute Gasteiger partial charge is 0.446 e. The lowest BCUT2D eigenvalue weighted by molar-refractivity contribution is -0.0361. The molecule has 3 aromatic rings. The number of oxazole rings is 1. The van der Waals surface area contributed by atoms with Crippen molar-refractivity contribution < 1.29 is 18.3 Å². The van der Waals surface area contributed by atoms with Gasteiger partial charge in [0, 0.05) is 25.1 Å². The van der Waals surface area contributed by atoms with Gasteiger partial charge < -0.3 is 14.8 Å². The molecule has 4 rings (SSSR count). The van der Waals surface area contributed by atoms with Crippen LogP contribution < -0.4 is 5.32 Å². The number of nitrogens with zero attached hydrogens (tertiary/aromatic N) is 4. The molecule has 0 saturated heterocycles. The Morgan fingerprint density at radius 2 is 2.11 bits per heavy atom. The predicted octanol–water partition coefficient (Wildman–Crippen LogP) is 3.64. The molecule has 148 valence electrons. The SMILES string of the molecule is Cc1ccn(-c2cc([C@@H](O)c3ncco3)cc(NC3CCC(F)(F)CC3)n2)n1. The molecule has 1 aliphatic rings. The third-order valence-corrected chi connectivity index (χ3v) is 4.86. The second-order valence-corrected chi connectivity index (χ2v) is 7.09. The van der Waals surface area contributed by atoms with Crippen LogP contribution in [0.3, 0.4) is 0 Å². The number of halogens is 2. The first-order chi connectivity index (χ1) is 13.4. The maximum atomic E-state index is 13.4. The molecule has 1 atom stereocenters. The summed E-state index contributed by atoms with van der Waals surface area (Å²) in [4.78, 5) is 8.55. The molecule has 3 aromatic heterocycles. The van der Waals surface area contributed by atoms with E-state index in [-0.39, 0.29) is 24.8 Å². The minimum absolute atomic E-state index is 0.103. The highest BCUT2D eigenvalue weighted by Crippen LogP contribution is 2.34. The van der Waals surface area contributed by atoms with E-state index in [2.05, 4.69) is 20.4 Å². The van der Waals surface area contributed by atoms with Gasteiger partial charge in [-0.1, -0.05) is 0 Å². The molecule has 2 N–H and O–H groups in total. The van der Waals surface area contributed by atoms with E-state index in [4.69, 9.17) is 4.42 Å². The van der Waals surface area contributed by atoms with Gasteiger partial charge in [-0.25, -0.2) is 23.4 Å². The molecule has 0 bridgehead atoms. The number of aliphatic hydroxyl groups is 1. The lowest BCUT2D eigenvalue weighted by Crippen LogP contribution is -2.32. The molecule has 0 unspecified atom stereocenters. The van der Waals surface area contributed by atoms with Gasteiger partial charge in [-0.05, 0) is 43.5 Å². The minimum Gasteiger partial charge on any atom is -0.446 e. The minimum atomic E-state index is -2.59. The third kappa shape index (κ3) is 4.04. The summed E-state index contributed by atoms with van der Waals surface area (Å²) in [5, 5.41) is 18.2. The Kier molecular flexibility index (Phi) is 4.84. The van der Waals surface area contributed by atoms with E-state index in [0.717, 1.165) is 5.69 Å². The van der Waals surface area contributed by atoms with Crippen LogP contribution in [0.25, 0.3) is 5.82 Å². The van der Waals surface area contributed by atoms with Crippen LogP contribution in [0.15, 0.2) is 41.3 Å². The van der Waals surface area contributed by atoms with Crippen molar-refractivity contribution in [1.82, 2.24) is 19.7 Å². The van der Waals surface area contributed by atoms with Crippen molar-refractivity contribution >= 4 is 5.82 Å². The third-order valence-electron chi connectivity index (χ3n) is 4.86. The van der Waals surface area contributed by atoms with Crippen LogP contribution in [0.1, 0.15) is 48.9 Å². The average Bonchev–Trinajstić information content (AvgIpc) is 3.34. The highest BCUT2D eigenvalue weighted by atomic mass is 19.3. The lowest BCUT2D eigenvalue weighted by atomic mass is 9.92. The van der Waals surface area contributed by atoms with Crippen LogP contribution in [0.2, 0.25) is 0 Å². The monoisotopic (exact) mass is 389 g/mol. The van der Waals surface area contributed by atoms with Crippen molar-refractivity contribution in [2.24, 2.45) is 0 Å². The first-order valence-corrected chi connectivity index (χ1v) is 9.16. The van der Waals surface area contributed by atoms with Gasteiger partial charge in [0.2, 0.25) is 11.8 Å². The topological polar surface area (TPSA) is 89.0 Å². The fraction of sp³-hybridized carbons (Fsp3) is 0.421. The Hall–Kier alpha value is -2.81. The molecule has 0 aromatic carbocycles. The van der Waals surface area contributed by atoms with E-state index in [9.17, 15) is 13.9 Å². The fourth-order valence-corrected chi connectivity index (χ4v) is 3.33. The standard InChI is InChI=1S/C19H21F2N5O2/c1-12-4-8-26(25-12)16-11-13(17(27)18-22-7-9-28-18)10-15(24-16)23-14-2-5-19(20,21)6-3-14/h4,7-11,14,17,27H,2-3,5-6H2,1H3,(H,23,24)/t17-/m1/s1. The van der Waals surface area contributed by atoms with Gasteiger partial charge in [-0.2, -0.15) is 5.10 Å². The number of aromatic nitrogens is 4. The summed E-state index contributed by atoms with van der Waals surface area (Å²) < 4.78 is 33.7. The van der Waals surface area contributed by atoms with Crippen LogP contribution in [0, 0.1) is 6.92 Å².